The molecule has 41 heavy (non-hydrogen) atoms. The molecule has 0 amide bonds. The number of aliphatic hydroxyl groups is 1. The Morgan fingerprint density at radius 3 is 2.22 bits per heavy atom. The summed E-state index contributed by atoms with van der Waals surface area (Å²) >= 11 is 0. The van der Waals surface area contributed by atoms with Crippen molar-refractivity contribution in [2.45, 2.75) is 81.2 Å². The number of nitrogens with zero attached hydrogens (tertiary/aromatic N) is 3. The second-order valence-electron chi connectivity index (χ2n) is 11.7. The quantitative estimate of drug-likeness (QED) is 0.332. The predicted molar refractivity (Wildman–Crippen MR) is 140 cm³/mol. The van der Waals surface area contributed by atoms with E-state index in [4.69, 9.17) is 9.47 Å². The molecule has 1 aliphatic heterocycles. The number of hydrogen-bond donors (Lipinski definition) is 1. The molecule has 12 heteroatoms. The third-order valence-corrected chi connectivity index (χ3v) is 8.73. The van der Waals surface area contributed by atoms with Gasteiger partial charge in [-0.25, -0.2) is 4.98 Å². The van der Waals surface area contributed by atoms with Crippen molar-refractivity contribution in [3.63, 3.8) is 0 Å². The Labute approximate surface area is 233 Å². The van der Waals surface area contributed by atoms with Crippen LogP contribution in [0, 0.1) is 0 Å². The molecule has 2 heterocycles. The van der Waals surface area contributed by atoms with Gasteiger partial charge in [-0.2, -0.15) is 26.3 Å². The first-order chi connectivity index (χ1) is 19.0. The van der Waals surface area contributed by atoms with Crippen LogP contribution < -0.4 is 4.74 Å². The lowest BCUT2D eigenvalue weighted by atomic mass is 9.77. The Bertz CT molecular complexity index is 1390. The van der Waals surface area contributed by atoms with Crippen molar-refractivity contribution in [3.05, 3.63) is 59.4 Å². The van der Waals surface area contributed by atoms with E-state index in [-0.39, 0.29) is 41.5 Å². The number of aromatic nitrogens is 2. The molecule has 0 unspecified atom stereocenters. The number of hydrogen-bond acceptors (Lipinski definition) is 5. The standard InChI is InChI=1S/C29H33F6N3O3/c1-17-11-27(40-4,18-5-7-19(8-6-18)28(30,31)32)14-21(37(17)3)15-41-22-9-23(29(33,34)35)25-24(10-22)36-16-38(25)20-12-26(2,39)13-20/h5-10,16-17,20-21,39H,11-15H2,1-4H3/t17-,20?,21-,26?,27-/m0/s1. The van der Waals surface area contributed by atoms with Gasteiger partial charge in [0.25, 0.3) is 0 Å². The van der Waals surface area contributed by atoms with Crippen molar-refractivity contribution in [1.29, 1.82) is 0 Å². The number of methoxy groups -OCH3 is 1. The maximum absolute atomic E-state index is 14.2. The highest BCUT2D eigenvalue weighted by molar-refractivity contribution is 5.82. The van der Waals surface area contributed by atoms with Gasteiger partial charge in [-0.05, 0) is 70.3 Å². The number of halogens is 6. The van der Waals surface area contributed by atoms with Crippen LogP contribution in [-0.2, 0) is 22.7 Å². The highest BCUT2D eigenvalue weighted by Gasteiger charge is 2.45. The summed E-state index contributed by atoms with van der Waals surface area (Å²) in [6, 6.07) is 6.71. The number of alkyl halides is 6. The number of imidazole rings is 1. The van der Waals surface area contributed by atoms with E-state index in [0.717, 1.165) is 18.2 Å². The number of fused-ring (bicyclic) bond motifs is 1. The van der Waals surface area contributed by atoms with Crippen LogP contribution in [-0.4, -0.2) is 58.0 Å². The summed E-state index contributed by atoms with van der Waals surface area (Å²) in [6.45, 7) is 3.64. The Morgan fingerprint density at radius 1 is 1.00 bits per heavy atom. The predicted octanol–water partition coefficient (Wildman–Crippen LogP) is 6.56. The van der Waals surface area contributed by atoms with E-state index in [0.29, 0.717) is 31.2 Å². The average Bonchev–Trinajstić information content (AvgIpc) is 3.30. The van der Waals surface area contributed by atoms with E-state index >= 15 is 0 Å². The minimum atomic E-state index is -4.66. The van der Waals surface area contributed by atoms with Gasteiger partial charge in [0.05, 0.1) is 39.7 Å². The maximum atomic E-state index is 14.2. The molecule has 0 spiro atoms. The third kappa shape index (κ3) is 5.65. The zero-order valence-corrected chi connectivity index (χ0v) is 23.2. The molecular weight excluding hydrogens is 552 g/mol. The molecule has 0 bridgehead atoms. The molecule has 1 N–H and O–H groups in total. The normalized spacial score (nSPS) is 29.5. The summed E-state index contributed by atoms with van der Waals surface area (Å²) in [6.07, 6.45) is -6.21. The van der Waals surface area contributed by atoms with Crippen LogP contribution in [0.5, 0.6) is 5.75 Å². The Hall–Kier alpha value is -2.83. The van der Waals surface area contributed by atoms with E-state index < -0.39 is 34.7 Å². The zero-order chi connectivity index (χ0) is 30.0. The van der Waals surface area contributed by atoms with Crippen LogP contribution >= 0.6 is 0 Å². The fourth-order valence-corrected chi connectivity index (χ4v) is 6.31. The van der Waals surface area contributed by atoms with Crippen molar-refractivity contribution in [2.24, 2.45) is 0 Å². The van der Waals surface area contributed by atoms with Crippen LogP contribution in [0.2, 0.25) is 0 Å². The van der Waals surface area contributed by atoms with Gasteiger partial charge in [-0.15, -0.1) is 0 Å². The van der Waals surface area contributed by atoms with Gasteiger partial charge < -0.3 is 19.1 Å². The third-order valence-electron chi connectivity index (χ3n) is 8.73. The summed E-state index contributed by atoms with van der Waals surface area (Å²) in [7, 11) is 3.39. The van der Waals surface area contributed by atoms with Crippen LogP contribution in [0.4, 0.5) is 26.3 Å². The van der Waals surface area contributed by atoms with Gasteiger partial charge in [0.15, 0.2) is 0 Å². The molecule has 6 nitrogen and oxygen atoms in total. The van der Waals surface area contributed by atoms with Gasteiger partial charge in [0.1, 0.15) is 12.4 Å². The molecule has 224 valence electrons. The summed E-state index contributed by atoms with van der Waals surface area (Å²) < 4.78 is 95.3. The van der Waals surface area contributed by atoms with Gasteiger partial charge in [-0.1, -0.05) is 12.1 Å². The molecule has 3 aromatic rings. The van der Waals surface area contributed by atoms with Crippen molar-refractivity contribution >= 4 is 11.0 Å². The molecule has 3 atom stereocenters. The van der Waals surface area contributed by atoms with Gasteiger partial charge in [0, 0.05) is 31.3 Å². The molecule has 1 aliphatic carbocycles. The average molecular weight is 586 g/mol. The largest absolute Gasteiger partial charge is 0.492 e. The van der Waals surface area contributed by atoms with Gasteiger partial charge >= 0.3 is 12.4 Å². The number of ether oxygens (including phenoxy) is 2. The van der Waals surface area contributed by atoms with Crippen LogP contribution in [0.1, 0.15) is 62.3 Å². The Kier molecular flexibility index (Phi) is 7.35. The minimum absolute atomic E-state index is 0.0138. The maximum Gasteiger partial charge on any atom is 0.418 e. The zero-order valence-electron chi connectivity index (χ0n) is 23.2. The first-order valence-electron chi connectivity index (χ1n) is 13.4. The molecule has 2 aromatic carbocycles. The van der Waals surface area contributed by atoms with Crippen LogP contribution in [0.3, 0.4) is 0 Å². The molecule has 1 aromatic heterocycles. The second kappa shape index (κ2) is 10.2. The van der Waals surface area contributed by atoms with E-state index in [1.54, 1.807) is 6.92 Å². The van der Waals surface area contributed by atoms with Crippen LogP contribution in [0.25, 0.3) is 11.0 Å². The number of likely N-dealkylation sites (tertiary alicyclic amines) is 1. The van der Waals surface area contributed by atoms with E-state index in [1.807, 2.05) is 18.9 Å². The highest BCUT2D eigenvalue weighted by Crippen LogP contribution is 2.46. The summed E-state index contributed by atoms with van der Waals surface area (Å²) in [4.78, 5) is 6.26. The number of rotatable bonds is 6. The van der Waals surface area contributed by atoms with E-state index in [2.05, 4.69) is 4.98 Å². The highest BCUT2D eigenvalue weighted by atomic mass is 19.4. The van der Waals surface area contributed by atoms with Crippen molar-refractivity contribution in [2.75, 3.05) is 20.8 Å². The van der Waals surface area contributed by atoms with E-state index in [1.165, 1.54) is 36.2 Å². The fraction of sp³-hybridized carbons (Fsp3) is 0.552. The Morgan fingerprint density at radius 2 is 1.66 bits per heavy atom. The van der Waals surface area contributed by atoms with Crippen molar-refractivity contribution < 1.29 is 40.9 Å². The number of likely N-dealkylation sites (N-methyl/N-ethyl adjacent to an activating group) is 1. The molecule has 1 saturated heterocycles. The Balaban J connectivity index is 1.40. The van der Waals surface area contributed by atoms with E-state index in [9.17, 15) is 31.4 Å². The molecule has 1 saturated carbocycles. The molecular formula is C29H33F6N3O3. The van der Waals surface area contributed by atoms with Crippen molar-refractivity contribution in [3.8, 4) is 5.75 Å². The lowest BCUT2D eigenvalue weighted by Crippen LogP contribution is -2.54. The first kappa shape index (κ1) is 29.7. The SMILES string of the molecule is CO[C@]1(c2ccc(C(F)(F)F)cc2)C[C@@H](COc2cc(C(F)(F)F)c3c(c2)ncn3C2CC(C)(O)C2)N(C)[C@@H](C)C1. The summed E-state index contributed by atoms with van der Waals surface area (Å²) in [5.41, 5.74) is -2.74. The molecule has 2 fully saturated rings. The minimum Gasteiger partial charge on any atom is -0.492 e. The summed E-state index contributed by atoms with van der Waals surface area (Å²) in [5.74, 6) is 0.0138. The van der Waals surface area contributed by atoms with Crippen LogP contribution in [0.15, 0.2) is 42.7 Å². The summed E-state index contributed by atoms with van der Waals surface area (Å²) in [5, 5.41) is 10.1. The van der Waals surface area contributed by atoms with Gasteiger partial charge in [0.2, 0.25) is 0 Å². The fourth-order valence-electron chi connectivity index (χ4n) is 6.31. The molecule has 2 aliphatic rings. The molecule has 0 radical (unpaired) electrons. The van der Waals surface area contributed by atoms with Crippen molar-refractivity contribution in [1.82, 2.24) is 14.5 Å². The molecule has 5 rings (SSSR count). The van der Waals surface area contributed by atoms with Gasteiger partial charge in [-0.3, -0.25) is 4.90 Å². The lowest BCUT2D eigenvalue weighted by molar-refractivity contribution is -0.138. The smallest absolute Gasteiger partial charge is 0.418 e. The monoisotopic (exact) mass is 585 g/mol. The topological polar surface area (TPSA) is 59.8 Å². The first-order valence-corrected chi connectivity index (χ1v) is 13.4. The number of piperidine rings is 1. The lowest BCUT2D eigenvalue weighted by Gasteiger charge is -2.48. The number of benzene rings is 2. The second-order valence-corrected chi connectivity index (χ2v) is 11.7.